The van der Waals surface area contributed by atoms with Crippen LogP contribution in [0.3, 0.4) is 0 Å². The molecule has 1 aliphatic carbocycles. The number of nitrogens with zero attached hydrogens (tertiary/aromatic N) is 1. The molecule has 100 valence electrons. The number of carbonyl (C=O) groups excluding carboxylic acids is 1. The van der Waals surface area contributed by atoms with Gasteiger partial charge in [0.1, 0.15) is 5.75 Å². The smallest absolute Gasteiger partial charge is 0.237 e. The van der Waals surface area contributed by atoms with Gasteiger partial charge in [-0.2, -0.15) is 0 Å². The quantitative estimate of drug-likeness (QED) is 0.782. The van der Waals surface area contributed by atoms with Gasteiger partial charge in [0.15, 0.2) is 9.84 Å². The minimum atomic E-state index is -3.24. The molecule has 0 aromatic heterocycles. The Hall–Kier alpha value is -0.620. The Bertz CT molecular complexity index is 359. The molecule has 0 unspecified atom stereocenters. The topological polar surface area (TPSA) is 80.5 Å². The Morgan fingerprint density at radius 1 is 1.29 bits per heavy atom. The highest BCUT2D eigenvalue weighted by Gasteiger charge is 2.27. The summed E-state index contributed by atoms with van der Waals surface area (Å²) >= 11 is 0. The standard InChI is InChI=1S/C11H22N2O3S/c1-3-13(11(14)8-17(2,15)16)10-6-4-9(12)5-7-10/h9-10H,3-8,12H2,1-2H3. The van der Waals surface area contributed by atoms with E-state index in [4.69, 9.17) is 5.73 Å². The first-order chi connectivity index (χ1) is 7.83. The summed E-state index contributed by atoms with van der Waals surface area (Å²) in [6.45, 7) is 2.45. The summed E-state index contributed by atoms with van der Waals surface area (Å²) in [6.07, 6.45) is 4.67. The fraction of sp³-hybridized carbons (Fsp3) is 0.909. The molecule has 0 aromatic carbocycles. The number of rotatable bonds is 4. The number of hydrogen-bond acceptors (Lipinski definition) is 4. The van der Waals surface area contributed by atoms with Gasteiger partial charge < -0.3 is 10.6 Å². The van der Waals surface area contributed by atoms with Crippen LogP contribution in [0.15, 0.2) is 0 Å². The van der Waals surface area contributed by atoms with Crippen molar-refractivity contribution in [1.29, 1.82) is 0 Å². The van der Waals surface area contributed by atoms with Gasteiger partial charge in [-0.05, 0) is 32.6 Å². The van der Waals surface area contributed by atoms with Crippen LogP contribution in [-0.4, -0.2) is 49.9 Å². The molecule has 1 amide bonds. The molecule has 0 aromatic rings. The van der Waals surface area contributed by atoms with Gasteiger partial charge in [-0.25, -0.2) is 8.42 Å². The van der Waals surface area contributed by atoms with Crippen LogP contribution in [0.2, 0.25) is 0 Å². The van der Waals surface area contributed by atoms with E-state index in [1.165, 1.54) is 0 Å². The lowest BCUT2D eigenvalue weighted by atomic mass is 9.91. The SMILES string of the molecule is CCN(C(=O)CS(C)(=O)=O)C1CCC(N)CC1. The summed E-state index contributed by atoms with van der Waals surface area (Å²) in [7, 11) is -3.24. The molecule has 1 rings (SSSR count). The average Bonchev–Trinajstić information content (AvgIpc) is 2.19. The summed E-state index contributed by atoms with van der Waals surface area (Å²) in [5.74, 6) is -0.667. The second-order valence-corrected chi connectivity index (χ2v) is 6.96. The van der Waals surface area contributed by atoms with Crippen molar-refractivity contribution in [1.82, 2.24) is 4.90 Å². The zero-order chi connectivity index (χ0) is 13.1. The number of hydrogen-bond donors (Lipinski definition) is 1. The van der Waals surface area contributed by atoms with Crippen LogP contribution in [0.5, 0.6) is 0 Å². The Kier molecular flexibility index (Phi) is 4.94. The summed E-state index contributed by atoms with van der Waals surface area (Å²) in [6, 6.07) is 0.393. The molecule has 0 spiro atoms. The summed E-state index contributed by atoms with van der Waals surface area (Å²) in [5, 5.41) is 0. The van der Waals surface area contributed by atoms with E-state index in [0.29, 0.717) is 6.54 Å². The lowest BCUT2D eigenvalue weighted by Crippen LogP contribution is -2.46. The average molecular weight is 262 g/mol. The van der Waals surface area contributed by atoms with Crippen molar-refractivity contribution in [3.05, 3.63) is 0 Å². The molecule has 0 heterocycles. The number of carbonyl (C=O) groups is 1. The van der Waals surface area contributed by atoms with Crippen LogP contribution in [0.1, 0.15) is 32.6 Å². The maximum Gasteiger partial charge on any atom is 0.237 e. The second kappa shape index (κ2) is 5.82. The minimum Gasteiger partial charge on any atom is -0.339 e. The Morgan fingerprint density at radius 3 is 2.24 bits per heavy atom. The highest BCUT2D eigenvalue weighted by Crippen LogP contribution is 2.22. The molecular formula is C11H22N2O3S. The monoisotopic (exact) mass is 262 g/mol. The van der Waals surface area contributed by atoms with E-state index >= 15 is 0 Å². The Labute approximate surface area is 103 Å². The first kappa shape index (κ1) is 14.4. The van der Waals surface area contributed by atoms with Gasteiger partial charge in [-0.3, -0.25) is 4.79 Å². The molecule has 2 N–H and O–H groups in total. The zero-order valence-corrected chi connectivity index (χ0v) is 11.4. The maximum absolute atomic E-state index is 11.9. The molecule has 0 atom stereocenters. The van der Waals surface area contributed by atoms with Crippen molar-refractivity contribution in [3.63, 3.8) is 0 Å². The molecule has 17 heavy (non-hydrogen) atoms. The third-order valence-corrected chi connectivity index (χ3v) is 4.00. The van der Waals surface area contributed by atoms with E-state index in [2.05, 4.69) is 0 Å². The molecule has 0 radical (unpaired) electrons. The number of nitrogens with two attached hydrogens (primary N) is 1. The van der Waals surface area contributed by atoms with E-state index in [1.54, 1.807) is 4.90 Å². The first-order valence-corrected chi connectivity index (χ1v) is 8.12. The predicted octanol–water partition coefficient (Wildman–Crippen LogP) is 0.149. The largest absolute Gasteiger partial charge is 0.339 e. The Balaban J connectivity index is 2.61. The zero-order valence-electron chi connectivity index (χ0n) is 10.6. The van der Waals surface area contributed by atoms with Gasteiger partial charge in [0.25, 0.3) is 0 Å². The van der Waals surface area contributed by atoms with Gasteiger partial charge in [0.05, 0.1) is 0 Å². The van der Waals surface area contributed by atoms with Gasteiger partial charge in [-0.15, -0.1) is 0 Å². The van der Waals surface area contributed by atoms with Crippen molar-refractivity contribution in [2.24, 2.45) is 5.73 Å². The van der Waals surface area contributed by atoms with Gasteiger partial charge >= 0.3 is 0 Å². The number of amides is 1. The lowest BCUT2D eigenvalue weighted by molar-refractivity contribution is -0.131. The summed E-state index contributed by atoms with van der Waals surface area (Å²) in [4.78, 5) is 13.6. The van der Waals surface area contributed by atoms with Gasteiger partial charge in [0.2, 0.25) is 5.91 Å². The second-order valence-electron chi connectivity index (χ2n) is 4.82. The van der Waals surface area contributed by atoms with E-state index in [0.717, 1.165) is 31.9 Å². The third-order valence-electron chi connectivity index (χ3n) is 3.23. The molecule has 1 fully saturated rings. The van der Waals surface area contributed by atoms with E-state index in [-0.39, 0.29) is 23.7 Å². The molecule has 0 bridgehead atoms. The molecule has 1 aliphatic rings. The molecule has 1 saturated carbocycles. The molecule has 0 aliphatic heterocycles. The van der Waals surface area contributed by atoms with Crippen molar-refractivity contribution >= 4 is 15.7 Å². The fourth-order valence-electron chi connectivity index (χ4n) is 2.36. The van der Waals surface area contributed by atoms with Crippen LogP contribution in [0.4, 0.5) is 0 Å². The van der Waals surface area contributed by atoms with Gasteiger partial charge in [-0.1, -0.05) is 0 Å². The van der Waals surface area contributed by atoms with E-state index in [9.17, 15) is 13.2 Å². The van der Waals surface area contributed by atoms with Crippen molar-refractivity contribution < 1.29 is 13.2 Å². The number of sulfone groups is 1. The van der Waals surface area contributed by atoms with Crippen LogP contribution in [-0.2, 0) is 14.6 Å². The molecule has 6 heteroatoms. The van der Waals surface area contributed by atoms with E-state index in [1.807, 2.05) is 6.92 Å². The van der Waals surface area contributed by atoms with Crippen molar-refractivity contribution in [3.8, 4) is 0 Å². The van der Waals surface area contributed by atoms with Crippen LogP contribution in [0, 0.1) is 0 Å². The van der Waals surface area contributed by atoms with Crippen molar-refractivity contribution in [2.75, 3.05) is 18.6 Å². The Morgan fingerprint density at radius 2 is 1.82 bits per heavy atom. The normalized spacial score (nSPS) is 25.6. The maximum atomic E-state index is 11.9. The highest BCUT2D eigenvalue weighted by atomic mass is 32.2. The molecular weight excluding hydrogens is 240 g/mol. The molecule has 0 saturated heterocycles. The van der Waals surface area contributed by atoms with Crippen LogP contribution >= 0.6 is 0 Å². The third kappa shape index (κ3) is 4.63. The lowest BCUT2D eigenvalue weighted by Gasteiger charge is -2.35. The van der Waals surface area contributed by atoms with Gasteiger partial charge in [0, 0.05) is 24.9 Å². The fourth-order valence-corrected chi connectivity index (χ4v) is 2.97. The van der Waals surface area contributed by atoms with Crippen LogP contribution in [0.25, 0.3) is 0 Å². The molecule has 5 nitrogen and oxygen atoms in total. The summed E-state index contributed by atoms with van der Waals surface area (Å²) < 4.78 is 22.3. The van der Waals surface area contributed by atoms with E-state index < -0.39 is 9.84 Å². The minimum absolute atomic E-state index is 0.161. The predicted molar refractivity (Wildman–Crippen MR) is 67.3 cm³/mol. The van der Waals surface area contributed by atoms with Crippen molar-refractivity contribution in [2.45, 2.75) is 44.7 Å². The van der Waals surface area contributed by atoms with Crippen LogP contribution < -0.4 is 5.73 Å². The highest BCUT2D eigenvalue weighted by molar-refractivity contribution is 7.91. The summed E-state index contributed by atoms with van der Waals surface area (Å²) in [5.41, 5.74) is 5.82. The first-order valence-electron chi connectivity index (χ1n) is 6.06.